The molecule has 0 fully saturated rings. The predicted octanol–water partition coefficient (Wildman–Crippen LogP) is 5.59. The summed E-state index contributed by atoms with van der Waals surface area (Å²) in [6, 6.07) is 17.1. The minimum Gasteiger partial charge on any atom is -0.504 e. The van der Waals surface area contributed by atoms with Crippen LogP contribution >= 0.6 is 0 Å². The number of nitrogens with zero attached hydrogens (tertiary/aromatic N) is 2. The van der Waals surface area contributed by atoms with Crippen molar-refractivity contribution in [1.29, 1.82) is 0 Å². The molecule has 3 aromatic carbocycles. The maximum atomic E-state index is 13.4. The van der Waals surface area contributed by atoms with Crippen LogP contribution in [0.5, 0.6) is 11.5 Å². The lowest BCUT2D eigenvalue weighted by molar-refractivity contribution is -0.146. The van der Waals surface area contributed by atoms with Crippen molar-refractivity contribution >= 4 is 28.8 Å². The van der Waals surface area contributed by atoms with Gasteiger partial charge in [0.05, 0.1) is 0 Å². The average Bonchev–Trinajstić information content (AvgIpc) is 2.96. The third kappa shape index (κ3) is 6.58. The number of anilines is 2. The van der Waals surface area contributed by atoms with Crippen LogP contribution in [-0.4, -0.2) is 51.1 Å². The van der Waals surface area contributed by atoms with Crippen molar-refractivity contribution < 1.29 is 37.4 Å². The number of pyridine rings is 1. The quantitative estimate of drug-likeness (QED) is 0.131. The molecule has 0 saturated carbocycles. The fourth-order valence-electron chi connectivity index (χ4n) is 4.72. The molecule has 43 heavy (non-hydrogen) atoms. The number of Topliss-reactive ketones (excluding diaryl/α,β-unsaturated/α-hetero) is 1. The monoisotopic (exact) mass is 592 g/mol. The summed E-state index contributed by atoms with van der Waals surface area (Å²) in [5.41, 5.74) is 8.80. The first-order valence-corrected chi connectivity index (χ1v) is 12.9. The van der Waals surface area contributed by atoms with Crippen LogP contribution in [0.25, 0.3) is 27.8 Å². The maximum absolute atomic E-state index is 13.4. The van der Waals surface area contributed by atoms with Crippen LogP contribution in [0, 0.1) is 11.7 Å². The molecule has 5 N–H and O–H groups in total. The van der Waals surface area contributed by atoms with Gasteiger partial charge in [0.1, 0.15) is 24.1 Å². The number of rotatable bonds is 6. The van der Waals surface area contributed by atoms with Crippen molar-refractivity contribution in [2.75, 3.05) is 24.1 Å². The van der Waals surface area contributed by atoms with E-state index in [1.54, 1.807) is 36.4 Å². The van der Waals surface area contributed by atoms with Crippen LogP contribution in [0.2, 0.25) is 0 Å². The molecule has 0 aliphatic carbocycles. The number of hydrogen-bond donors (Lipinski definition) is 4. The van der Waals surface area contributed by atoms with E-state index in [1.807, 2.05) is 0 Å². The number of halogens is 4. The summed E-state index contributed by atoms with van der Waals surface area (Å²) in [7, 11) is 0. The van der Waals surface area contributed by atoms with Gasteiger partial charge in [-0.15, -0.1) is 0 Å². The first kappa shape index (κ1) is 29.1. The molecule has 0 spiro atoms. The number of amides is 1. The summed E-state index contributed by atoms with van der Waals surface area (Å²) in [6.07, 6.45) is -2.02. The summed E-state index contributed by atoms with van der Waals surface area (Å²) in [6.45, 7) is -1.86. The van der Waals surface area contributed by atoms with Gasteiger partial charge in [-0.2, -0.15) is 13.2 Å². The highest BCUT2D eigenvalue weighted by atomic mass is 19.4. The zero-order valence-electron chi connectivity index (χ0n) is 22.3. The van der Waals surface area contributed by atoms with E-state index in [2.05, 4.69) is 10.3 Å². The van der Waals surface area contributed by atoms with Crippen LogP contribution in [-0.2, 0) is 9.59 Å². The predicted molar refractivity (Wildman–Crippen MR) is 152 cm³/mol. The minimum atomic E-state index is -4.58. The molecule has 5 rings (SSSR count). The summed E-state index contributed by atoms with van der Waals surface area (Å²) < 4.78 is 53.1. The highest BCUT2D eigenvalue weighted by Gasteiger charge is 2.39. The number of aromatic hydroxyl groups is 2. The lowest BCUT2D eigenvalue weighted by atomic mass is 9.89. The normalized spacial score (nSPS) is 15.3. The molecule has 1 unspecified atom stereocenters. The number of aromatic nitrogens is 1. The van der Waals surface area contributed by atoms with Crippen LogP contribution in [0.4, 0.5) is 29.1 Å². The fourth-order valence-corrected chi connectivity index (χ4v) is 4.72. The molecule has 0 bridgehead atoms. The Kier molecular flexibility index (Phi) is 7.77. The molecular weight excluding hydrogens is 568 g/mol. The Balaban J connectivity index is 1.36. The number of phenolic OH excluding ortho intramolecular Hbond substituents is 2. The maximum Gasteiger partial charge on any atom is 0.405 e. The van der Waals surface area contributed by atoms with E-state index < -0.39 is 42.7 Å². The van der Waals surface area contributed by atoms with Crippen LogP contribution in [0.15, 0.2) is 85.2 Å². The third-order valence-corrected chi connectivity index (χ3v) is 6.86. The molecule has 8 nitrogen and oxygen atoms in total. The Morgan fingerprint density at radius 3 is 2.23 bits per heavy atom. The Bertz CT molecular complexity index is 1720. The Morgan fingerprint density at radius 1 is 0.930 bits per heavy atom. The van der Waals surface area contributed by atoms with E-state index in [9.17, 15) is 37.4 Å². The summed E-state index contributed by atoms with van der Waals surface area (Å²) in [5.74, 6) is -3.87. The van der Waals surface area contributed by atoms with Crippen molar-refractivity contribution in [1.82, 2.24) is 9.88 Å². The van der Waals surface area contributed by atoms with Gasteiger partial charge in [-0.25, -0.2) is 9.37 Å². The van der Waals surface area contributed by atoms with Crippen molar-refractivity contribution in [3.05, 3.63) is 96.6 Å². The minimum absolute atomic E-state index is 0.129. The van der Waals surface area contributed by atoms with Gasteiger partial charge in [-0.1, -0.05) is 30.3 Å². The standard InChI is InChI=1S/C31H24F4N4O4/c32-21-6-1-18(2-7-21)24-14-39(16-31(33,34)35)15-25(28(24)42)30(43)38-22-8-3-17(4-9-22)23-11-20(13-37-29(23)36)19-5-10-26(40)27(41)12-19/h1-14,25,40-41H,15-16H2,(H2,36,37)(H,38,43). The Morgan fingerprint density at radius 2 is 1.58 bits per heavy atom. The molecule has 220 valence electrons. The zero-order valence-corrected chi connectivity index (χ0v) is 22.3. The summed E-state index contributed by atoms with van der Waals surface area (Å²) >= 11 is 0. The smallest absolute Gasteiger partial charge is 0.405 e. The number of benzene rings is 3. The molecule has 1 aliphatic heterocycles. The molecule has 0 saturated heterocycles. The van der Waals surface area contributed by atoms with Crippen LogP contribution in [0.1, 0.15) is 5.56 Å². The number of carbonyl (C=O) groups is 2. The van der Waals surface area contributed by atoms with Gasteiger partial charge >= 0.3 is 6.18 Å². The molecule has 1 amide bonds. The van der Waals surface area contributed by atoms with Gasteiger partial charge in [-0.3, -0.25) is 9.59 Å². The van der Waals surface area contributed by atoms with Gasteiger partial charge in [0, 0.05) is 41.3 Å². The lowest BCUT2D eigenvalue weighted by Crippen LogP contribution is -2.45. The fraction of sp³-hybridized carbons (Fsp3) is 0.129. The van der Waals surface area contributed by atoms with Gasteiger partial charge < -0.3 is 26.2 Å². The second-order valence-corrected chi connectivity index (χ2v) is 9.94. The molecule has 1 aromatic heterocycles. The number of ketones is 1. The number of hydrogen-bond acceptors (Lipinski definition) is 7. The van der Waals surface area contributed by atoms with Crippen molar-refractivity contribution in [2.24, 2.45) is 5.92 Å². The van der Waals surface area contributed by atoms with Crippen LogP contribution < -0.4 is 11.1 Å². The van der Waals surface area contributed by atoms with Gasteiger partial charge in [-0.05, 0) is 59.2 Å². The molecule has 2 heterocycles. The topological polar surface area (TPSA) is 129 Å². The van der Waals surface area contributed by atoms with Gasteiger partial charge in [0.15, 0.2) is 17.3 Å². The van der Waals surface area contributed by atoms with Crippen molar-refractivity contribution in [3.63, 3.8) is 0 Å². The average molecular weight is 593 g/mol. The number of nitrogen functional groups attached to an aromatic ring is 1. The molecule has 1 atom stereocenters. The van der Waals surface area contributed by atoms with E-state index in [0.717, 1.165) is 23.2 Å². The van der Waals surface area contributed by atoms with E-state index in [4.69, 9.17) is 5.73 Å². The summed E-state index contributed by atoms with van der Waals surface area (Å²) in [4.78, 5) is 31.5. The molecule has 1 aliphatic rings. The van der Waals surface area contributed by atoms with Gasteiger partial charge in [0.25, 0.3) is 0 Å². The first-order chi connectivity index (χ1) is 20.4. The van der Waals surface area contributed by atoms with E-state index >= 15 is 0 Å². The third-order valence-electron chi connectivity index (χ3n) is 6.86. The highest BCUT2D eigenvalue weighted by Crippen LogP contribution is 2.34. The number of allylic oxidation sites excluding steroid dienone is 1. The second-order valence-electron chi connectivity index (χ2n) is 9.94. The number of alkyl halides is 3. The zero-order chi connectivity index (χ0) is 30.9. The first-order valence-electron chi connectivity index (χ1n) is 12.9. The van der Waals surface area contributed by atoms with E-state index in [0.29, 0.717) is 22.3 Å². The van der Waals surface area contributed by atoms with E-state index in [-0.39, 0.29) is 34.1 Å². The largest absolute Gasteiger partial charge is 0.504 e. The van der Waals surface area contributed by atoms with E-state index in [1.165, 1.54) is 30.5 Å². The number of nitrogens with one attached hydrogen (secondary N) is 1. The Hall–Kier alpha value is -5.39. The van der Waals surface area contributed by atoms with Crippen LogP contribution in [0.3, 0.4) is 0 Å². The number of carbonyl (C=O) groups excluding carboxylic acids is 2. The summed E-state index contributed by atoms with van der Waals surface area (Å²) in [5, 5.41) is 22.0. The number of phenols is 2. The highest BCUT2D eigenvalue weighted by molar-refractivity contribution is 6.29. The molecule has 0 radical (unpaired) electrons. The molecular formula is C31H24F4N4O4. The molecule has 12 heteroatoms. The lowest BCUT2D eigenvalue weighted by Gasteiger charge is -2.31. The van der Waals surface area contributed by atoms with Crippen molar-refractivity contribution in [2.45, 2.75) is 6.18 Å². The van der Waals surface area contributed by atoms with Crippen molar-refractivity contribution in [3.8, 4) is 33.8 Å². The molecule has 4 aromatic rings. The SMILES string of the molecule is Nc1ncc(-c2ccc(O)c(O)c2)cc1-c1ccc(NC(=O)C2CN(CC(F)(F)F)C=C(c3ccc(F)cc3)C2=O)cc1. The number of nitrogens with two attached hydrogens (primary N) is 1. The second kappa shape index (κ2) is 11.5. The van der Waals surface area contributed by atoms with Gasteiger partial charge in [0.2, 0.25) is 5.91 Å². The Labute approximate surface area is 242 Å².